The van der Waals surface area contributed by atoms with E-state index in [2.05, 4.69) is 15.3 Å². The molecule has 1 aromatic rings. The van der Waals surface area contributed by atoms with Crippen LogP contribution in [0.25, 0.3) is 0 Å². The van der Waals surface area contributed by atoms with Crippen molar-refractivity contribution in [2.45, 2.75) is 38.3 Å². The molecule has 0 aromatic carbocycles. The Morgan fingerprint density at radius 2 is 2.33 bits per heavy atom. The van der Waals surface area contributed by atoms with E-state index in [0.29, 0.717) is 6.61 Å². The number of aromatic nitrogens is 2. The molecule has 98 valence electrons. The molecular formula is C12H16ClN3O2. The molecule has 1 saturated heterocycles. The van der Waals surface area contributed by atoms with Crippen molar-refractivity contribution in [2.75, 3.05) is 6.61 Å². The number of nitrogens with zero attached hydrogens (tertiary/aromatic N) is 2. The summed E-state index contributed by atoms with van der Waals surface area (Å²) in [6.45, 7) is 4.69. The zero-order chi connectivity index (χ0) is 13.2. The minimum atomic E-state index is -0.243. The second-order valence-electron chi connectivity index (χ2n) is 5.00. The average molecular weight is 270 g/mol. The predicted octanol–water partition coefficient (Wildman–Crippen LogP) is 1.82. The molecule has 0 spiro atoms. The lowest BCUT2D eigenvalue weighted by atomic mass is 9.94. The normalized spacial score (nSPS) is 22.5. The molecule has 1 fully saturated rings. The first-order valence-corrected chi connectivity index (χ1v) is 6.26. The molecule has 2 rings (SSSR count). The third-order valence-corrected chi connectivity index (χ3v) is 3.05. The maximum atomic E-state index is 12.0. The van der Waals surface area contributed by atoms with Gasteiger partial charge >= 0.3 is 0 Å². The summed E-state index contributed by atoms with van der Waals surface area (Å²) in [7, 11) is 0. The zero-order valence-corrected chi connectivity index (χ0v) is 11.2. The van der Waals surface area contributed by atoms with Gasteiger partial charge < -0.3 is 10.1 Å². The molecule has 1 unspecified atom stereocenters. The zero-order valence-electron chi connectivity index (χ0n) is 10.4. The van der Waals surface area contributed by atoms with Crippen molar-refractivity contribution in [2.24, 2.45) is 0 Å². The summed E-state index contributed by atoms with van der Waals surface area (Å²) in [6.07, 6.45) is 4.40. The highest BCUT2D eigenvalue weighted by atomic mass is 35.5. The second-order valence-corrected chi connectivity index (χ2v) is 5.39. The first-order valence-electron chi connectivity index (χ1n) is 5.89. The van der Waals surface area contributed by atoms with Crippen LogP contribution in [0.4, 0.5) is 0 Å². The summed E-state index contributed by atoms with van der Waals surface area (Å²) in [6, 6.07) is 0.0991. The molecule has 2 heterocycles. The van der Waals surface area contributed by atoms with Gasteiger partial charge in [0, 0.05) is 12.6 Å². The average Bonchev–Trinajstić information content (AvgIpc) is 2.27. The largest absolute Gasteiger partial charge is 0.375 e. The smallest absolute Gasteiger partial charge is 0.271 e. The Hall–Kier alpha value is -1.20. The Bertz CT molecular complexity index is 451. The summed E-state index contributed by atoms with van der Waals surface area (Å²) in [5.74, 6) is -0.243. The Morgan fingerprint density at radius 3 is 3.00 bits per heavy atom. The monoisotopic (exact) mass is 269 g/mol. The van der Waals surface area contributed by atoms with Crippen LogP contribution in [0.2, 0.25) is 5.15 Å². The van der Waals surface area contributed by atoms with Gasteiger partial charge in [0.25, 0.3) is 5.91 Å². The molecule has 1 N–H and O–H groups in total. The molecule has 1 aliphatic rings. The standard InChI is InChI=1S/C12H16ClN3O2/c1-12(2)5-8(3-4-18-12)15-11(17)9-6-14-7-10(13)16-9/h6-8H,3-5H2,1-2H3,(H,15,17). The molecule has 1 atom stereocenters. The van der Waals surface area contributed by atoms with Crippen LogP contribution >= 0.6 is 11.6 Å². The number of carbonyl (C=O) groups excluding carboxylic acids is 1. The summed E-state index contributed by atoms with van der Waals surface area (Å²) in [4.78, 5) is 19.7. The number of ether oxygens (including phenoxy) is 1. The van der Waals surface area contributed by atoms with E-state index in [-0.39, 0.29) is 28.4 Å². The highest BCUT2D eigenvalue weighted by Crippen LogP contribution is 2.24. The van der Waals surface area contributed by atoms with Gasteiger partial charge in [-0.05, 0) is 26.7 Å². The van der Waals surface area contributed by atoms with Gasteiger partial charge in [0.15, 0.2) is 0 Å². The lowest BCUT2D eigenvalue weighted by Crippen LogP contribution is -2.46. The van der Waals surface area contributed by atoms with E-state index in [9.17, 15) is 4.79 Å². The number of halogens is 1. The van der Waals surface area contributed by atoms with E-state index in [1.807, 2.05) is 13.8 Å². The van der Waals surface area contributed by atoms with Gasteiger partial charge in [0.1, 0.15) is 10.8 Å². The third-order valence-electron chi connectivity index (χ3n) is 2.87. The number of rotatable bonds is 2. The van der Waals surface area contributed by atoms with Gasteiger partial charge in [0.05, 0.1) is 18.0 Å². The third kappa shape index (κ3) is 3.40. The van der Waals surface area contributed by atoms with Crippen LogP contribution in [0.5, 0.6) is 0 Å². The molecule has 1 aromatic heterocycles. The van der Waals surface area contributed by atoms with Gasteiger partial charge in [0.2, 0.25) is 0 Å². The lowest BCUT2D eigenvalue weighted by molar-refractivity contribution is -0.0615. The van der Waals surface area contributed by atoms with Crippen LogP contribution in [-0.4, -0.2) is 34.1 Å². The van der Waals surface area contributed by atoms with Crippen LogP contribution in [0.1, 0.15) is 37.2 Å². The second kappa shape index (κ2) is 5.20. The Labute approximate surface area is 111 Å². The van der Waals surface area contributed by atoms with Crippen LogP contribution < -0.4 is 5.32 Å². The highest BCUT2D eigenvalue weighted by Gasteiger charge is 2.30. The van der Waals surface area contributed by atoms with Crippen molar-refractivity contribution in [3.63, 3.8) is 0 Å². The molecule has 1 amide bonds. The van der Waals surface area contributed by atoms with E-state index in [4.69, 9.17) is 16.3 Å². The first kappa shape index (κ1) is 13.2. The van der Waals surface area contributed by atoms with E-state index in [1.165, 1.54) is 12.4 Å². The number of hydrogen-bond acceptors (Lipinski definition) is 4. The summed E-state index contributed by atoms with van der Waals surface area (Å²) < 4.78 is 5.60. The molecule has 5 nitrogen and oxygen atoms in total. The van der Waals surface area contributed by atoms with Crippen LogP contribution in [0.3, 0.4) is 0 Å². The summed E-state index contributed by atoms with van der Waals surface area (Å²) in [5.41, 5.74) is 0.0442. The summed E-state index contributed by atoms with van der Waals surface area (Å²) >= 11 is 5.70. The Morgan fingerprint density at radius 1 is 1.56 bits per heavy atom. The minimum Gasteiger partial charge on any atom is -0.375 e. The highest BCUT2D eigenvalue weighted by molar-refractivity contribution is 6.29. The number of nitrogens with one attached hydrogen (secondary N) is 1. The Balaban J connectivity index is 1.99. The number of carbonyl (C=O) groups is 1. The van der Waals surface area contributed by atoms with Crippen LogP contribution in [0, 0.1) is 0 Å². The first-order chi connectivity index (χ1) is 8.46. The van der Waals surface area contributed by atoms with Crippen molar-refractivity contribution < 1.29 is 9.53 Å². The molecule has 6 heteroatoms. The molecule has 0 aliphatic carbocycles. The maximum Gasteiger partial charge on any atom is 0.271 e. The maximum absolute atomic E-state index is 12.0. The van der Waals surface area contributed by atoms with Gasteiger partial charge in [-0.2, -0.15) is 0 Å². The number of hydrogen-bond donors (Lipinski definition) is 1. The van der Waals surface area contributed by atoms with Gasteiger partial charge in [-0.25, -0.2) is 4.98 Å². The van der Waals surface area contributed by atoms with Gasteiger partial charge in [-0.15, -0.1) is 0 Å². The van der Waals surface area contributed by atoms with Crippen molar-refractivity contribution >= 4 is 17.5 Å². The van der Waals surface area contributed by atoms with E-state index < -0.39 is 0 Å². The fourth-order valence-corrected chi connectivity index (χ4v) is 2.21. The van der Waals surface area contributed by atoms with Crippen molar-refractivity contribution in [1.82, 2.24) is 15.3 Å². The van der Waals surface area contributed by atoms with Crippen LogP contribution in [-0.2, 0) is 4.74 Å². The lowest BCUT2D eigenvalue weighted by Gasteiger charge is -2.35. The van der Waals surface area contributed by atoms with E-state index >= 15 is 0 Å². The minimum absolute atomic E-state index is 0.0991. The SMILES string of the molecule is CC1(C)CC(NC(=O)c2cncc(Cl)n2)CCO1. The Kier molecular flexibility index (Phi) is 3.82. The molecular weight excluding hydrogens is 254 g/mol. The molecule has 0 saturated carbocycles. The molecule has 18 heavy (non-hydrogen) atoms. The van der Waals surface area contributed by atoms with Crippen LogP contribution in [0.15, 0.2) is 12.4 Å². The molecule has 0 radical (unpaired) electrons. The van der Waals surface area contributed by atoms with E-state index in [0.717, 1.165) is 12.8 Å². The quantitative estimate of drug-likeness (QED) is 0.889. The topological polar surface area (TPSA) is 64.1 Å². The molecule has 1 aliphatic heterocycles. The van der Waals surface area contributed by atoms with E-state index in [1.54, 1.807) is 0 Å². The van der Waals surface area contributed by atoms with Crippen molar-refractivity contribution in [3.05, 3.63) is 23.2 Å². The molecule has 0 bridgehead atoms. The van der Waals surface area contributed by atoms with Crippen molar-refractivity contribution in [3.8, 4) is 0 Å². The predicted molar refractivity (Wildman–Crippen MR) is 67.6 cm³/mol. The van der Waals surface area contributed by atoms with Gasteiger partial charge in [-0.1, -0.05) is 11.6 Å². The fraction of sp³-hybridized carbons (Fsp3) is 0.583. The fourth-order valence-electron chi connectivity index (χ4n) is 2.07. The van der Waals surface area contributed by atoms with Gasteiger partial charge in [-0.3, -0.25) is 9.78 Å². The summed E-state index contributed by atoms with van der Waals surface area (Å²) in [5, 5.41) is 3.16. The van der Waals surface area contributed by atoms with Crippen molar-refractivity contribution in [1.29, 1.82) is 0 Å². The number of amides is 1.